The maximum absolute atomic E-state index is 6.27. The Balaban J connectivity index is 2.41. The quantitative estimate of drug-likeness (QED) is 0.720. The number of rotatable bonds is 3. The Bertz CT molecular complexity index is 135. The van der Waals surface area contributed by atoms with E-state index in [1.807, 2.05) is 6.92 Å². The molecule has 0 aromatic carbocycles. The van der Waals surface area contributed by atoms with Gasteiger partial charge in [-0.1, -0.05) is 0 Å². The van der Waals surface area contributed by atoms with E-state index in [2.05, 4.69) is 0 Å². The second kappa shape index (κ2) is 5.28. The van der Waals surface area contributed by atoms with Crippen LogP contribution < -0.4 is 0 Å². The van der Waals surface area contributed by atoms with Gasteiger partial charge in [0.1, 0.15) is 0 Å². The zero-order valence-corrected chi connectivity index (χ0v) is 11.9. The second-order valence-corrected chi connectivity index (χ2v) is 18.5. The van der Waals surface area contributed by atoms with Crippen LogP contribution in [0.4, 0.5) is 0 Å². The molecule has 0 amide bonds. The van der Waals surface area contributed by atoms with Crippen LogP contribution in [0.1, 0.15) is 39.0 Å². The molecule has 0 radical (unpaired) electrons. The zero-order chi connectivity index (χ0) is 9.03. The summed E-state index contributed by atoms with van der Waals surface area (Å²) in [6.45, 7) is 2.65. The van der Waals surface area contributed by atoms with E-state index in [0.717, 1.165) is 0 Å². The van der Waals surface area contributed by atoms with Gasteiger partial charge in [0.15, 0.2) is 0 Å². The van der Waals surface area contributed by atoms with E-state index in [1.54, 1.807) is 0 Å². The zero-order valence-electron chi connectivity index (χ0n) is 7.48. The van der Waals surface area contributed by atoms with Crippen molar-refractivity contribution >= 4 is 34.4 Å². The Hall–Kier alpha value is 1.34. The van der Waals surface area contributed by atoms with Crippen LogP contribution in [0.25, 0.3) is 0 Å². The fraction of sp³-hybridized carbons (Fsp3) is 1.00. The third-order valence-electron chi connectivity index (χ3n) is 2.42. The van der Waals surface area contributed by atoms with Crippen LogP contribution in [0.5, 0.6) is 0 Å². The van der Waals surface area contributed by atoms with Gasteiger partial charge in [-0.3, -0.25) is 0 Å². The average Bonchev–Trinajstić information content (AvgIpc) is 2.06. The molecular formula is C8H16Cl2OSn. The molecule has 0 heterocycles. The van der Waals surface area contributed by atoms with E-state index in [1.165, 1.54) is 32.1 Å². The van der Waals surface area contributed by atoms with E-state index in [9.17, 15) is 0 Å². The van der Waals surface area contributed by atoms with Gasteiger partial charge in [0.2, 0.25) is 0 Å². The van der Waals surface area contributed by atoms with Crippen LogP contribution in [0.2, 0.25) is 3.93 Å². The molecule has 1 saturated carbocycles. The van der Waals surface area contributed by atoms with Crippen molar-refractivity contribution in [3.8, 4) is 0 Å². The first-order valence-corrected chi connectivity index (χ1v) is 14.7. The Labute approximate surface area is 86.6 Å². The first kappa shape index (κ1) is 11.4. The molecule has 0 aliphatic heterocycles. The predicted molar refractivity (Wildman–Crippen MR) is 55.9 cm³/mol. The first-order valence-electron chi connectivity index (χ1n) is 4.68. The van der Waals surface area contributed by atoms with E-state index in [-0.39, 0.29) is 0 Å². The molecule has 0 N–H and O–H groups in total. The van der Waals surface area contributed by atoms with Crippen molar-refractivity contribution in [1.82, 2.24) is 0 Å². The molecule has 0 aromatic heterocycles. The first-order chi connectivity index (χ1) is 5.67. The number of hydrogen-bond acceptors (Lipinski definition) is 1. The Morgan fingerprint density at radius 3 is 2.33 bits per heavy atom. The van der Waals surface area contributed by atoms with Crippen LogP contribution >= 0.6 is 17.8 Å². The van der Waals surface area contributed by atoms with Crippen LogP contribution in [0.15, 0.2) is 0 Å². The minimum atomic E-state index is -3.09. The van der Waals surface area contributed by atoms with Crippen molar-refractivity contribution in [3.05, 3.63) is 0 Å². The SMILES string of the molecule is CC[O][Sn]([Cl])([Cl])[CH]1CCCCC1. The molecule has 72 valence electrons. The van der Waals surface area contributed by atoms with Gasteiger partial charge in [-0.15, -0.1) is 0 Å². The number of hydrogen-bond donors (Lipinski definition) is 0. The summed E-state index contributed by atoms with van der Waals surface area (Å²) in [6.07, 6.45) is 6.32. The molecule has 0 aromatic rings. The predicted octanol–water partition coefficient (Wildman–Crippen LogP) is 3.77. The summed E-state index contributed by atoms with van der Waals surface area (Å²) >= 11 is -3.09. The van der Waals surface area contributed by atoms with Crippen molar-refractivity contribution in [3.63, 3.8) is 0 Å². The van der Waals surface area contributed by atoms with Gasteiger partial charge in [0, 0.05) is 0 Å². The molecule has 4 heteroatoms. The normalized spacial score (nSPS) is 21.2. The van der Waals surface area contributed by atoms with Gasteiger partial charge in [-0.25, -0.2) is 0 Å². The van der Waals surface area contributed by atoms with Gasteiger partial charge in [0.05, 0.1) is 0 Å². The molecule has 1 nitrogen and oxygen atoms in total. The number of halogens is 2. The summed E-state index contributed by atoms with van der Waals surface area (Å²) in [6, 6.07) is 0. The fourth-order valence-corrected chi connectivity index (χ4v) is 11.0. The molecule has 1 aliphatic carbocycles. The summed E-state index contributed by atoms with van der Waals surface area (Å²) in [5.74, 6) is 0. The molecule has 0 bridgehead atoms. The van der Waals surface area contributed by atoms with Crippen molar-refractivity contribution in [2.45, 2.75) is 43.0 Å². The van der Waals surface area contributed by atoms with Crippen LogP contribution in [-0.2, 0) is 3.07 Å². The molecule has 1 aliphatic rings. The average molecular weight is 318 g/mol. The van der Waals surface area contributed by atoms with Gasteiger partial charge in [0.25, 0.3) is 0 Å². The van der Waals surface area contributed by atoms with Crippen LogP contribution in [0.3, 0.4) is 0 Å². The van der Waals surface area contributed by atoms with E-state index < -0.39 is 16.5 Å². The molecule has 1 fully saturated rings. The molecular weight excluding hydrogens is 302 g/mol. The van der Waals surface area contributed by atoms with Gasteiger partial charge < -0.3 is 0 Å². The van der Waals surface area contributed by atoms with Crippen LogP contribution in [-0.4, -0.2) is 23.1 Å². The summed E-state index contributed by atoms with van der Waals surface area (Å²) in [7, 11) is 12.5. The van der Waals surface area contributed by atoms with Crippen molar-refractivity contribution in [2.75, 3.05) is 6.61 Å². The second-order valence-electron chi connectivity index (χ2n) is 3.33. The standard InChI is InChI=1S/C6H11.C2H5O.2ClH.Sn/c1-2-4-6-5-3-1;1-2-3;;;/h1H,2-6H2;2H2,1H3;2*1H;/q;-1;;;+3/p-2. The van der Waals surface area contributed by atoms with Crippen molar-refractivity contribution < 1.29 is 3.07 Å². The summed E-state index contributed by atoms with van der Waals surface area (Å²) < 4.78 is 6.05. The molecule has 12 heavy (non-hydrogen) atoms. The van der Waals surface area contributed by atoms with Crippen molar-refractivity contribution in [2.24, 2.45) is 0 Å². The molecule has 0 spiro atoms. The molecule has 1 rings (SSSR count). The summed E-state index contributed by atoms with van der Waals surface area (Å²) in [4.78, 5) is 0. The van der Waals surface area contributed by atoms with Gasteiger partial charge in [-0.2, -0.15) is 0 Å². The van der Waals surface area contributed by atoms with Gasteiger partial charge in [-0.05, 0) is 0 Å². The summed E-state index contributed by atoms with van der Waals surface area (Å²) in [5.41, 5.74) is 0. The Kier molecular flexibility index (Phi) is 5.02. The Morgan fingerprint density at radius 2 is 1.83 bits per heavy atom. The summed E-state index contributed by atoms with van der Waals surface area (Å²) in [5, 5.41) is 0. The van der Waals surface area contributed by atoms with E-state index in [4.69, 9.17) is 20.9 Å². The molecule has 0 atom stereocenters. The van der Waals surface area contributed by atoms with Gasteiger partial charge >= 0.3 is 87.0 Å². The third kappa shape index (κ3) is 3.24. The fourth-order valence-electron chi connectivity index (χ4n) is 1.75. The monoisotopic (exact) mass is 318 g/mol. The van der Waals surface area contributed by atoms with Crippen LogP contribution in [0, 0.1) is 0 Å². The van der Waals surface area contributed by atoms with E-state index in [0.29, 0.717) is 10.5 Å². The molecule has 0 unspecified atom stereocenters. The Morgan fingerprint density at radius 1 is 1.25 bits per heavy atom. The third-order valence-corrected chi connectivity index (χ3v) is 14.3. The van der Waals surface area contributed by atoms with Crippen molar-refractivity contribution in [1.29, 1.82) is 0 Å². The topological polar surface area (TPSA) is 9.23 Å². The maximum atomic E-state index is 6.27. The molecule has 0 saturated heterocycles. The minimum absolute atomic E-state index is 0.538. The van der Waals surface area contributed by atoms with E-state index >= 15 is 0 Å².